The van der Waals surface area contributed by atoms with Gasteiger partial charge in [-0.25, -0.2) is 0 Å². The molecule has 2 heteroatoms. The number of hydrogen-bond acceptors (Lipinski definition) is 1. The molecule has 1 aromatic heterocycles. The zero-order valence-electron chi connectivity index (χ0n) is 7.66. The van der Waals surface area contributed by atoms with Crippen molar-refractivity contribution in [2.45, 2.75) is 13.7 Å². The van der Waals surface area contributed by atoms with Gasteiger partial charge in [0.05, 0.1) is 11.7 Å². The Kier molecular flexibility index (Phi) is 2.32. The normalized spacial score (nSPS) is 10.8. The highest BCUT2D eigenvalue weighted by molar-refractivity contribution is 5.79. The first-order valence-corrected chi connectivity index (χ1v) is 4.45. The van der Waals surface area contributed by atoms with Gasteiger partial charge < -0.3 is 9.30 Å². The number of ether oxygens (including phenoxy) is 1. The maximum Gasteiger partial charge on any atom is 0.123 e. The average Bonchev–Trinajstić information content (AvgIpc) is 2.58. The minimum atomic E-state index is 0.587. The molecule has 0 spiro atoms. The fourth-order valence-corrected chi connectivity index (χ4v) is 1.36. The third-order valence-electron chi connectivity index (χ3n) is 2.03. The Morgan fingerprint density at radius 2 is 2.23 bits per heavy atom. The van der Waals surface area contributed by atoms with Crippen molar-refractivity contribution in [3.05, 3.63) is 36.5 Å². The molecule has 1 aromatic carbocycles. The molecule has 2 nitrogen and oxygen atoms in total. The molecule has 2 rings (SSSR count). The Labute approximate surface area is 77.7 Å². The van der Waals surface area contributed by atoms with Crippen LogP contribution in [-0.4, -0.2) is 11.2 Å². The maximum absolute atomic E-state index is 5.32. The largest absolute Gasteiger partial charge is 0.361 e. The maximum atomic E-state index is 5.32. The number of rotatable bonds is 3. The van der Waals surface area contributed by atoms with E-state index in [0.29, 0.717) is 6.73 Å². The second-order valence-electron chi connectivity index (χ2n) is 2.88. The zero-order chi connectivity index (χ0) is 9.10. The van der Waals surface area contributed by atoms with E-state index >= 15 is 0 Å². The lowest BCUT2D eigenvalue weighted by molar-refractivity contribution is 0.0904. The molecule has 2 aromatic rings. The van der Waals surface area contributed by atoms with E-state index in [4.69, 9.17) is 4.74 Å². The molecule has 1 heterocycles. The Morgan fingerprint density at radius 3 is 3.08 bits per heavy atom. The van der Waals surface area contributed by atoms with Crippen LogP contribution in [-0.2, 0) is 11.5 Å². The first kappa shape index (κ1) is 8.32. The third kappa shape index (κ3) is 1.58. The van der Waals surface area contributed by atoms with Crippen LogP contribution >= 0.6 is 0 Å². The molecule has 0 bridgehead atoms. The molecule has 0 aliphatic heterocycles. The van der Waals surface area contributed by atoms with Crippen LogP contribution in [0.15, 0.2) is 30.3 Å². The Hall–Kier alpha value is -1.28. The van der Waals surface area contributed by atoms with Gasteiger partial charge in [0.2, 0.25) is 0 Å². The summed E-state index contributed by atoms with van der Waals surface area (Å²) in [5, 5.41) is 1.21. The summed E-state index contributed by atoms with van der Waals surface area (Å²) >= 11 is 0. The lowest BCUT2D eigenvalue weighted by Gasteiger charge is -2.03. The summed E-state index contributed by atoms with van der Waals surface area (Å²) in [6, 6.07) is 10.2. The first-order chi connectivity index (χ1) is 6.42. The molecular formula is C11H12NO. The van der Waals surface area contributed by atoms with Gasteiger partial charge in [0.15, 0.2) is 0 Å². The first-order valence-electron chi connectivity index (χ1n) is 4.45. The van der Waals surface area contributed by atoms with Gasteiger partial charge in [-0.05, 0) is 19.1 Å². The fraction of sp³-hybridized carbons (Fsp3) is 0.273. The topological polar surface area (TPSA) is 14.2 Å². The lowest BCUT2D eigenvalue weighted by Crippen LogP contribution is -2.00. The van der Waals surface area contributed by atoms with Gasteiger partial charge in [-0.15, -0.1) is 0 Å². The van der Waals surface area contributed by atoms with Crippen molar-refractivity contribution in [2.75, 3.05) is 6.61 Å². The predicted molar refractivity (Wildman–Crippen MR) is 52.4 cm³/mol. The van der Waals surface area contributed by atoms with Crippen molar-refractivity contribution in [3.8, 4) is 0 Å². The number of para-hydroxylation sites is 1. The van der Waals surface area contributed by atoms with E-state index in [0.717, 1.165) is 6.61 Å². The summed E-state index contributed by atoms with van der Waals surface area (Å²) in [7, 11) is 0. The highest BCUT2D eigenvalue weighted by Gasteiger charge is 1.98. The van der Waals surface area contributed by atoms with E-state index in [1.54, 1.807) is 0 Å². The summed E-state index contributed by atoms with van der Waals surface area (Å²) in [6.45, 7) is 3.32. The van der Waals surface area contributed by atoms with Crippen molar-refractivity contribution in [1.82, 2.24) is 4.57 Å². The molecule has 0 amide bonds. The predicted octanol–water partition coefficient (Wildman–Crippen LogP) is 2.44. The van der Waals surface area contributed by atoms with Crippen LogP contribution in [0.3, 0.4) is 0 Å². The summed E-state index contributed by atoms with van der Waals surface area (Å²) in [5.41, 5.74) is 1.18. The summed E-state index contributed by atoms with van der Waals surface area (Å²) in [6.07, 6.45) is 3.14. The third-order valence-corrected chi connectivity index (χ3v) is 2.03. The monoisotopic (exact) mass is 174 g/mol. The molecule has 0 aliphatic rings. The van der Waals surface area contributed by atoms with E-state index in [1.165, 1.54) is 10.9 Å². The average molecular weight is 174 g/mol. The van der Waals surface area contributed by atoms with Crippen LogP contribution in [0.5, 0.6) is 0 Å². The van der Waals surface area contributed by atoms with Crippen LogP contribution in [0, 0.1) is 6.20 Å². The van der Waals surface area contributed by atoms with Gasteiger partial charge >= 0.3 is 0 Å². The molecule has 0 atom stereocenters. The van der Waals surface area contributed by atoms with Gasteiger partial charge in [0.25, 0.3) is 0 Å². The molecule has 0 fully saturated rings. The van der Waals surface area contributed by atoms with Crippen LogP contribution < -0.4 is 0 Å². The van der Waals surface area contributed by atoms with Gasteiger partial charge in [0.1, 0.15) is 6.73 Å². The van der Waals surface area contributed by atoms with Crippen molar-refractivity contribution in [2.24, 2.45) is 0 Å². The van der Waals surface area contributed by atoms with Crippen LogP contribution in [0.1, 0.15) is 6.92 Å². The summed E-state index contributed by atoms with van der Waals surface area (Å²) in [5.74, 6) is 0. The summed E-state index contributed by atoms with van der Waals surface area (Å²) < 4.78 is 7.30. The van der Waals surface area contributed by atoms with Gasteiger partial charge in [-0.2, -0.15) is 0 Å². The van der Waals surface area contributed by atoms with Gasteiger partial charge in [-0.3, -0.25) is 0 Å². The lowest BCUT2D eigenvalue weighted by atomic mass is 10.2. The van der Waals surface area contributed by atoms with E-state index in [9.17, 15) is 0 Å². The van der Waals surface area contributed by atoms with Gasteiger partial charge in [-0.1, -0.05) is 18.2 Å². The molecule has 13 heavy (non-hydrogen) atoms. The molecule has 0 unspecified atom stereocenters. The van der Waals surface area contributed by atoms with E-state index in [1.807, 2.05) is 29.7 Å². The number of hydrogen-bond donors (Lipinski definition) is 0. The highest BCUT2D eigenvalue weighted by Crippen LogP contribution is 2.14. The van der Waals surface area contributed by atoms with Crippen LogP contribution in [0.25, 0.3) is 10.9 Å². The Morgan fingerprint density at radius 1 is 1.38 bits per heavy atom. The summed E-state index contributed by atoms with van der Waals surface area (Å²) in [4.78, 5) is 0. The molecule has 1 radical (unpaired) electrons. The number of aromatic nitrogens is 1. The number of benzene rings is 1. The minimum absolute atomic E-state index is 0.587. The standard InChI is InChI=1S/C11H12NO/c1-2-13-9-12-8-7-10-5-3-4-6-11(10)12/h3-7H,2,9H2,1H3. The fourth-order valence-electron chi connectivity index (χ4n) is 1.36. The van der Waals surface area contributed by atoms with E-state index < -0.39 is 0 Å². The van der Waals surface area contributed by atoms with E-state index in [-0.39, 0.29) is 0 Å². The molecule has 0 aliphatic carbocycles. The van der Waals surface area contributed by atoms with Crippen molar-refractivity contribution < 1.29 is 4.74 Å². The number of fused-ring (bicyclic) bond motifs is 1. The van der Waals surface area contributed by atoms with Crippen molar-refractivity contribution in [3.63, 3.8) is 0 Å². The quantitative estimate of drug-likeness (QED) is 0.697. The van der Waals surface area contributed by atoms with Crippen molar-refractivity contribution in [1.29, 1.82) is 0 Å². The molecule has 0 N–H and O–H groups in total. The second-order valence-corrected chi connectivity index (χ2v) is 2.88. The Balaban J connectivity index is 2.35. The van der Waals surface area contributed by atoms with Crippen LogP contribution in [0.4, 0.5) is 0 Å². The van der Waals surface area contributed by atoms with Crippen LogP contribution in [0.2, 0.25) is 0 Å². The molecular weight excluding hydrogens is 162 g/mol. The SMILES string of the molecule is CCOCn1[c]cc2ccccc21. The minimum Gasteiger partial charge on any atom is -0.361 e. The highest BCUT2D eigenvalue weighted by atomic mass is 16.5. The van der Waals surface area contributed by atoms with Gasteiger partial charge in [0, 0.05) is 12.0 Å². The molecule has 0 saturated carbocycles. The van der Waals surface area contributed by atoms with Crippen molar-refractivity contribution >= 4 is 10.9 Å². The Bertz CT molecular complexity index is 392. The molecule has 67 valence electrons. The smallest absolute Gasteiger partial charge is 0.123 e. The zero-order valence-corrected chi connectivity index (χ0v) is 7.66. The number of nitrogens with zero attached hydrogens (tertiary/aromatic N) is 1. The second kappa shape index (κ2) is 3.62. The van der Waals surface area contributed by atoms with E-state index in [2.05, 4.69) is 18.3 Å². The molecule has 0 saturated heterocycles.